The zero-order valence-electron chi connectivity index (χ0n) is 10.5. The first-order valence-electron chi connectivity index (χ1n) is 5.91. The van der Waals surface area contributed by atoms with Gasteiger partial charge in [0.1, 0.15) is 5.01 Å². The second-order valence-electron chi connectivity index (χ2n) is 5.22. The minimum atomic E-state index is -0.635. The molecule has 0 bridgehead atoms. The van der Waals surface area contributed by atoms with Gasteiger partial charge < -0.3 is 11.1 Å². The SMILES string of the molecule is CC(C)(NC(=O)C1(C(N)=S)CCC1)c1nccs1. The fourth-order valence-electron chi connectivity index (χ4n) is 2.10. The van der Waals surface area contributed by atoms with Gasteiger partial charge in [0.25, 0.3) is 0 Å². The van der Waals surface area contributed by atoms with E-state index in [1.54, 1.807) is 6.20 Å². The maximum Gasteiger partial charge on any atom is 0.233 e. The molecule has 0 radical (unpaired) electrons. The molecule has 18 heavy (non-hydrogen) atoms. The molecule has 1 saturated carbocycles. The van der Waals surface area contributed by atoms with Crippen LogP contribution in [0.1, 0.15) is 38.1 Å². The molecule has 0 aromatic carbocycles. The highest BCUT2D eigenvalue weighted by molar-refractivity contribution is 7.80. The van der Waals surface area contributed by atoms with Crippen molar-refractivity contribution in [3.8, 4) is 0 Å². The lowest BCUT2D eigenvalue weighted by molar-refractivity contribution is -0.132. The Balaban J connectivity index is 2.14. The van der Waals surface area contributed by atoms with Gasteiger partial charge in [-0.1, -0.05) is 18.6 Å². The standard InChI is InChI=1S/C12H17N3OS2/c1-11(2,10-14-6-7-18-10)15-9(16)12(8(13)17)4-3-5-12/h6-7H,3-5H2,1-2H3,(H2,13,17)(H,15,16). The first-order chi connectivity index (χ1) is 8.38. The van der Waals surface area contributed by atoms with E-state index in [4.69, 9.17) is 18.0 Å². The molecule has 3 N–H and O–H groups in total. The minimum Gasteiger partial charge on any atom is -0.392 e. The van der Waals surface area contributed by atoms with Crippen LogP contribution in [-0.4, -0.2) is 15.9 Å². The third kappa shape index (κ3) is 2.14. The van der Waals surface area contributed by atoms with Crippen molar-refractivity contribution >= 4 is 34.5 Å². The van der Waals surface area contributed by atoms with E-state index in [1.807, 2.05) is 19.2 Å². The molecule has 0 aliphatic heterocycles. The molecule has 1 fully saturated rings. The number of rotatable bonds is 4. The highest BCUT2D eigenvalue weighted by atomic mass is 32.1. The summed E-state index contributed by atoms with van der Waals surface area (Å²) in [5, 5.41) is 5.81. The summed E-state index contributed by atoms with van der Waals surface area (Å²) < 4.78 is 0. The van der Waals surface area contributed by atoms with E-state index in [0.717, 1.165) is 24.3 Å². The largest absolute Gasteiger partial charge is 0.392 e. The highest BCUT2D eigenvalue weighted by Crippen LogP contribution is 2.42. The van der Waals surface area contributed by atoms with E-state index >= 15 is 0 Å². The Labute approximate surface area is 116 Å². The zero-order valence-corrected chi connectivity index (χ0v) is 12.2. The lowest BCUT2D eigenvalue weighted by Crippen LogP contribution is -2.56. The number of aromatic nitrogens is 1. The molecule has 1 aliphatic carbocycles. The second-order valence-corrected chi connectivity index (χ2v) is 6.55. The highest BCUT2D eigenvalue weighted by Gasteiger charge is 2.48. The minimum absolute atomic E-state index is 0.0681. The van der Waals surface area contributed by atoms with Crippen molar-refractivity contribution in [3.63, 3.8) is 0 Å². The fraction of sp³-hybridized carbons (Fsp3) is 0.583. The van der Waals surface area contributed by atoms with Crippen LogP contribution >= 0.6 is 23.6 Å². The van der Waals surface area contributed by atoms with Crippen molar-refractivity contribution in [2.45, 2.75) is 38.6 Å². The third-order valence-corrected chi connectivity index (χ3v) is 4.99. The van der Waals surface area contributed by atoms with Crippen molar-refractivity contribution in [2.24, 2.45) is 11.1 Å². The summed E-state index contributed by atoms with van der Waals surface area (Å²) in [4.78, 5) is 17.0. The smallest absolute Gasteiger partial charge is 0.233 e. The van der Waals surface area contributed by atoms with Gasteiger partial charge in [0.05, 0.1) is 15.9 Å². The molecule has 6 heteroatoms. The lowest BCUT2D eigenvalue weighted by Gasteiger charge is -2.41. The van der Waals surface area contributed by atoms with Crippen LogP contribution in [0.4, 0.5) is 0 Å². The molecule has 0 saturated heterocycles. The molecule has 1 amide bonds. The Morgan fingerprint density at radius 3 is 2.67 bits per heavy atom. The van der Waals surface area contributed by atoms with Gasteiger partial charge in [-0.25, -0.2) is 4.98 Å². The van der Waals surface area contributed by atoms with Gasteiger partial charge in [-0.3, -0.25) is 4.79 Å². The van der Waals surface area contributed by atoms with Crippen LogP contribution in [-0.2, 0) is 10.3 Å². The molecule has 1 aromatic rings. The normalized spacial score (nSPS) is 17.9. The molecule has 0 unspecified atom stereocenters. The average Bonchev–Trinajstić information content (AvgIpc) is 2.66. The van der Waals surface area contributed by atoms with E-state index in [1.165, 1.54) is 11.3 Å². The van der Waals surface area contributed by atoms with Gasteiger partial charge in [0.2, 0.25) is 5.91 Å². The molecular formula is C12H17N3OS2. The quantitative estimate of drug-likeness (QED) is 0.829. The molecule has 4 nitrogen and oxygen atoms in total. The number of hydrogen-bond acceptors (Lipinski definition) is 4. The maximum atomic E-state index is 12.4. The number of carbonyl (C=O) groups is 1. The van der Waals surface area contributed by atoms with E-state index < -0.39 is 11.0 Å². The first kappa shape index (κ1) is 13.4. The summed E-state index contributed by atoms with van der Waals surface area (Å²) >= 11 is 6.58. The summed E-state index contributed by atoms with van der Waals surface area (Å²) in [6.45, 7) is 3.88. The Hall–Kier alpha value is -1.01. The van der Waals surface area contributed by atoms with Crippen molar-refractivity contribution in [1.29, 1.82) is 0 Å². The fourth-order valence-corrected chi connectivity index (χ4v) is 3.12. The van der Waals surface area contributed by atoms with Crippen molar-refractivity contribution in [1.82, 2.24) is 10.3 Å². The van der Waals surface area contributed by atoms with Gasteiger partial charge in [-0.2, -0.15) is 0 Å². The molecule has 1 aliphatic rings. The Morgan fingerprint density at radius 1 is 1.61 bits per heavy atom. The molecule has 0 atom stereocenters. The van der Waals surface area contributed by atoms with Crippen molar-refractivity contribution in [3.05, 3.63) is 16.6 Å². The van der Waals surface area contributed by atoms with Gasteiger partial charge in [0.15, 0.2) is 0 Å². The maximum absolute atomic E-state index is 12.4. The Kier molecular flexibility index (Phi) is 3.42. The number of nitrogens with one attached hydrogen (secondary N) is 1. The number of thiocarbonyl (C=S) groups is 1. The van der Waals surface area contributed by atoms with Gasteiger partial charge in [-0.15, -0.1) is 11.3 Å². The number of nitrogens with zero attached hydrogens (tertiary/aromatic N) is 1. The van der Waals surface area contributed by atoms with Crippen LogP contribution in [0.3, 0.4) is 0 Å². The lowest BCUT2D eigenvalue weighted by atomic mass is 9.67. The van der Waals surface area contributed by atoms with Gasteiger partial charge in [0, 0.05) is 11.6 Å². The van der Waals surface area contributed by atoms with E-state index in [2.05, 4.69) is 10.3 Å². The number of amides is 1. The topological polar surface area (TPSA) is 68.0 Å². The number of nitrogens with two attached hydrogens (primary N) is 1. The zero-order chi connectivity index (χ0) is 13.4. The van der Waals surface area contributed by atoms with E-state index in [9.17, 15) is 4.79 Å². The van der Waals surface area contributed by atoms with Crippen LogP contribution in [0.5, 0.6) is 0 Å². The summed E-state index contributed by atoms with van der Waals surface area (Å²) in [5.41, 5.74) is 4.61. The molecule has 0 spiro atoms. The molecule has 98 valence electrons. The summed E-state index contributed by atoms with van der Waals surface area (Å²) in [6.07, 6.45) is 4.24. The second kappa shape index (κ2) is 4.59. The predicted molar refractivity (Wildman–Crippen MR) is 76.4 cm³/mol. The predicted octanol–water partition coefficient (Wildman–Crippen LogP) is 1.95. The number of carbonyl (C=O) groups excluding carboxylic acids is 1. The van der Waals surface area contributed by atoms with E-state index in [-0.39, 0.29) is 5.91 Å². The summed E-state index contributed by atoms with van der Waals surface area (Å²) in [5.74, 6) is -0.0681. The Morgan fingerprint density at radius 2 is 2.28 bits per heavy atom. The van der Waals surface area contributed by atoms with Crippen LogP contribution < -0.4 is 11.1 Å². The first-order valence-corrected chi connectivity index (χ1v) is 7.20. The van der Waals surface area contributed by atoms with Crippen LogP contribution in [0.15, 0.2) is 11.6 Å². The van der Waals surface area contributed by atoms with E-state index in [0.29, 0.717) is 4.99 Å². The number of hydrogen-bond donors (Lipinski definition) is 2. The molecular weight excluding hydrogens is 266 g/mol. The monoisotopic (exact) mass is 283 g/mol. The average molecular weight is 283 g/mol. The van der Waals surface area contributed by atoms with Crippen LogP contribution in [0.2, 0.25) is 0 Å². The molecule has 1 heterocycles. The summed E-state index contributed by atoms with van der Waals surface area (Å²) in [6, 6.07) is 0. The van der Waals surface area contributed by atoms with Crippen LogP contribution in [0, 0.1) is 5.41 Å². The summed E-state index contributed by atoms with van der Waals surface area (Å²) in [7, 11) is 0. The van der Waals surface area contributed by atoms with Gasteiger partial charge >= 0.3 is 0 Å². The number of thiazole rings is 1. The van der Waals surface area contributed by atoms with Crippen molar-refractivity contribution in [2.75, 3.05) is 0 Å². The Bertz CT molecular complexity index is 464. The third-order valence-electron chi connectivity index (χ3n) is 3.51. The molecule has 1 aromatic heterocycles. The molecule has 2 rings (SSSR count). The van der Waals surface area contributed by atoms with Crippen molar-refractivity contribution < 1.29 is 4.79 Å². The van der Waals surface area contributed by atoms with Gasteiger partial charge in [-0.05, 0) is 26.7 Å². The van der Waals surface area contributed by atoms with Crippen LogP contribution in [0.25, 0.3) is 0 Å².